The van der Waals surface area contributed by atoms with E-state index in [9.17, 15) is 9.90 Å². The van der Waals surface area contributed by atoms with Crippen molar-refractivity contribution in [2.24, 2.45) is 11.7 Å². The topological polar surface area (TPSA) is 78.6 Å². The van der Waals surface area contributed by atoms with E-state index in [-0.39, 0.29) is 0 Å². The quantitative estimate of drug-likeness (QED) is 0.700. The molecule has 0 bridgehead atoms. The van der Waals surface area contributed by atoms with Crippen molar-refractivity contribution < 1.29 is 9.90 Å². The largest absolute Gasteiger partial charge is 0.382 e. The third kappa shape index (κ3) is 4.29. The number of nitrogens with two attached hydrogens (primary N) is 1. The molecule has 1 unspecified atom stereocenters. The van der Waals surface area contributed by atoms with Crippen LogP contribution >= 0.6 is 0 Å². The highest BCUT2D eigenvalue weighted by Crippen LogP contribution is 2.27. The summed E-state index contributed by atoms with van der Waals surface area (Å²) >= 11 is 0. The summed E-state index contributed by atoms with van der Waals surface area (Å²) in [6.07, 6.45) is 5.58. The van der Waals surface area contributed by atoms with Crippen molar-refractivity contribution in [2.75, 3.05) is 12.1 Å². The molecule has 122 valence electrons. The van der Waals surface area contributed by atoms with Gasteiger partial charge in [-0.1, -0.05) is 50.3 Å². The van der Waals surface area contributed by atoms with Crippen molar-refractivity contribution in [3.63, 3.8) is 0 Å². The third-order valence-corrected chi connectivity index (χ3v) is 4.45. The summed E-state index contributed by atoms with van der Waals surface area (Å²) < 4.78 is 0. The maximum atomic E-state index is 12.5. The highest BCUT2D eigenvalue weighted by atomic mass is 16.3. The van der Waals surface area contributed by atoms with Gasteiger partial charge >= 0.3 is 0 Å². The van der Waals surface area contributed by atoms with E-state index in [0.717, 1.165) is 12.8 Å². The van der Waals surface area contributed by atoms with Gasteiger partial charge in [0.1, 0.15) is 6.10 Å². The Kier molecular flexibility index (Phi) is 6.36. The predicted octanol–water partition coefficient (Wildman–Crippen LogP) is 1.81. The number of rotatable bonds is 6. The predicted molar refractivity (Wildman–Crippen MR) is 88.2 cm³/mol. The van der Waals surface area contributed by atoms with Gasteiger partial charge in [-0.25, -0.2) is 10.4 Å². The van der Waals surface area contributed by atoms with Gasteiger partial charge in [0.05, 0.1) is 5.69 Å². The van der Waals surface area contributed by atoms with Gasteiger partial charge in [-0.3, -0.25) is 4.79 Å². The lowest BCUT2D eigenvalue weighted by molar-refractivity contribution is -0.128. The van der Waals surface area contributed by atoms with E-state index < -0.39 is 18.1 Å². The van der Waals surface area contributed by atoms with Crippen LogP contribution in [-0.2, 0) is 4.79 Å². The molecule has 0 aromatic heterocycles. The molecule has 1 aliphatic rings. The van der Waals surface area contributed by atoms with E-state index in [1.807, 2.05) is 30.3 Å². The Morgan fingerprint density at radius 1 is 1.32 bits per heavy atom. The molecule has 0 aliphatic heterocycles. The molecule has 0 spiro atoms. The lowest BCUT2D eigenvalue weighted by Crippen LogP contribution is -2.53. The van der Waals surface area contributed by atoms with Gasteiger partial charge < -0.3 is 10.8 Å². The average molecular weight is 305 g/mol. The number of hydrogen-bond donors (Lipinski definition) is 3. The van der Waals surface area contributed by atoms with Crippen LogP contribution in [-0.4, -0.2) is 30.2 Å². The van der Waals surface area contributed by atoms with Gasteiger partial charge in [0.25, 0.3) is 5.91 Å². The van der Waals surface area contributed by atoms with Crippen molar-refractivity contribution in [1.29, 1.82) is 0 Å². The van der Waals surface area contributed by atoms with Gasteiger partial charge in [0, 0.05) is 13.1 Å². The summed E-state index contributed by atoms with van der Waals surface area (Å²) in [5.74, 6) is 0.128. The highest BCUT2D eigenvalue weighted by molar-refractivity contribution is 5.96. The first-order valence-electron chi connectivity index (χ1n) is 8.13. The second kappa shape index (κ2) is 8.27. The number of anilines is 1. The number of carbonyl (C=O) groups excluding carboxylic acids is 1. The van der Waals surface area contributed by atoms with Crippen LogP contribution in [0.3, 0.4) is 0 Å². The van der Waals surface area contributed by atoms with Crippen molar-refractivity contribution in [3.05, 3.63) is 30.3 Å². The Morgan fingerprint density at radius 2 is 1.95 bits per heavy atom. The normalized spacial score (nSPS) is 18.7. The molecule has 1 saturated carbocycles. The van der Waals surface area contributed by atoms with E-state index >= 15 is 0 Å². The molecule has 1 aromatic carbocycles. The molecular formula is C17H27N3O2. The molecule has 1 aromatic rings. The van der Waals surface area contributed by atoms with Crippen LogP contribution in [0.15, 0.2) is 30.3 Å². The molecule has 0 radical (unpaired) electrons. The minimum absolute atomic E-state index is 0.406. The number of para-hydroxylation sites is 1. The molecule has 5 heteroatoms. The zero-order chi connectivity index (χ0) is 15.9. The molecule has 2 atom stereocenters. The summed E-state index contributed by atoms with van der Waals surface area (Å²) in [4.78, 5) is 12.5. The maximum absolute atomic E-state index is 12.5. The first-order valence-corrected chi connectivity index (χ1v) is 8.13. The van der Waals surface area contributed by atoms with Crippen LogP contribution in [0.2, 0.25) is 0 Å². The molecule has 22 heavy (non-hydrogen) atoms. The van der Waals surface area contributed by atoms with Gasteiger partial charge in [-0.2, -0.15) is 0 Å². The van der Waals surface area contributed by atoms with Crippen molar-refractivity contribution in [2.45, 2.75) is 50.7 Å². The first-order chi connectivity index (χ1) is 10.6. The molecule has 1 aliphatic carbocycles. The van der Waals surface area contributed by atoms with Crippen LogP contribution in [0.1, 0.15) is 38.5 Å². The Bertz CT molecular complexity index is 460. The summed E-state index contributed by atoms with van der Waals surface area (Å²) in [6, 6.07) is 8.69. The van der Waals surface area contributed by atoms with E-state index in [4.69, 9.17) is 5.73 Å². The van der Waals surface area contributed by atoms with Gasteiger partial charge in [0.15, 0.2) is 0 Å². The van der Waals surface area contributed by atoms with Gasteiger partial charge in [0.2, 0.25) is 0 Å². The Labute approximate surface area is 132 Å². The fraction of sp³-hybridized carbons (Fsp3) is 0.588. The summed E-state index contributed by atoms with van der Waals surface area (Å²) in [5, 5.41) is 11.7. The van der Waals surface area contributed by atoms with Crippen LogP contribution in [0.5, 0.6) is 0 Å². The zero-order valence-electron chi connectivity index (χ0n) is 13.2. The van der Waals surface area contributed by atoms with Gasteiger partial charge in [-0.15, -0.1) is 0 Å². The number of carbonyl (C=O) groups is 1. The minimum Gasteiger partial charge on any atom is -0.382 e. The Balaban J connectivity index is 1.97. The SMILES string of the molecule is CNN(C(=O)C(O)[C@H](N)CC1CCCCC1)c1ccccc1. The Morgan fingerprint density at radius 3 is 2.55 bits per heavy atom. The number of aliphatic hydroxyl groups is 1. The number of nitrogens with zero attached hydrogens (tertiary/aromatic N) is 1. The third-order valence-electron chi connectivity index (χ3n) is 4.45. The van der Waals surface area contributed by atoms with Crippen molar-refractivity contribution >= 4 is 11.6 Å². The first kappa shape index (κ1) is 16.9. The van der Waals surface area contributed by atoms with E-state index in [2.05, 4.69) is 5.43 Å². The number of aliphatic hydroxyl groups excluding tert-OH is 1. The van der Waals surface area contributed by atoms with Crippen LogP contribution in [0.4, 0.5) is 5.69 Å². The summed E-state index contributed by atoms with van der Waals surface area (Å²) in [7, 11) is 1.66. The summed E-state index contributed by atoms with van der Waals surface area (Å²) in [6.45, 7) is 0. The zero-order valence-corrected chi connectivity index (χ0v) is 13.2. The monoisotopic (exact) mass is 305 g/mol. The highest BCUT2D eigenvalue weighted by Gasteiger charge is 2.30. The van der Waals surface area contributed by atoms with Crippen LogP contribution in [0.25, 0.3) is 0 Å². The average Bonchev–Trinajstić information content (AvgIpc) is 2.56. The number of nitrogens with one attached hydrogen (secondary N) is 1. The van der Waals surface area contributed by atoms with E-state index in [1.54, 1.807) is 7.05 Å². The molecule has 0 heterocycles. The Hall–Kier alpha value is -1.43. The van der Waals surface area contributed by atoms with E-state index in [1.165, 1.54) is 24.3 Å². The van der Waals surface area contributed by atoms with Crippen LogP contribution < -0.4 is 16.2 Å². The number of hydrazine groups is 1. The fourth-order valence-electron chi connectivity index (χ4n) is 3.20. The molecule has 4 N–H and O–H groups in total. The van der Waals surface area contributed by atoms with Crippen molar-refractivity contribution in [3.8, 4) is 0 Å². The lowest BCUT2D eigenvalue weighted by Gasteiger charge is -2.29. The molecule has 5 nitrogen and oxygen atoms in total. The maximum Gasteiger partial charge on any atom is 0.271 e. The van der Waals surface area contributed by atoms with E-state index in [0.29, 0.717) is 18.0 Å². The fourth-order valence-corrected chi connectivity index (χ4v) is 3.20. The molecule has 1 amide bonds. The van der Waals surface area contributed by atoms with Gasteiger partial charge in [-0.05, 0) is 24.5 Å². The number of amides is 1. The number of benzene rings is 1. The standard InChI is InChI=1S/C17H27N3O2/c1-19-20(14-10-6-3-7-11-14)17(22)16(21)15(18)12-13-8-4-2-5-9-13/h3,6-7,10-11,13,15-16,19,21H,2,4-5,8-9,12,18H2,1H3/t15-,16?/m1/s1. The van der Waals surface area contributed by atoms with Crippen LogP contribution in [0, 0.1) is 5.92 Å². The number of hydrogen-bond acceptors (Lipinski definition) is 4. The smallest absolute Gasteiger partial charge is 0.271 e. The molecular weight excluding hydrogens is 278 g/mol. The lowest BCUT2D eigenvalue weighted by atomic mass is 9.84. The molecule has 2 rings (SSSR count). The molecule has 1 fully saturated rings. The second-order valence-electron chi connectivity index (χ2n) is 6.08. The second-order valence-corrected chi connectivity index (χ2v) is 6.08. The summed E-state index contributed by atoms with van der Waals surface area (Å²) in [5.41, 5.74) is 9.61. The minimum atomic E-state index is -1.19. The van der Waals surface area contributed by atoms with Crippen molar-refractivity contribution in [1.82, 2.24) is 5.43 Å². The molecule has 0 saturated heterocycles.